The molecule has 0 aliphatic rings. The van der Waals surface area contributed by atoms with Crippen LogP contribution in [-0.2, 0) is 6.61 Å². The Bertz CT molecular complexity index is 1580. The van der Waals surface area contributed by atoms with Crippen molar-refractivity contribution < 1.29 is 18.7 Å². The summed E-state index contributed by atoms with van der Waals surface area (Å²) in [5.41, 5.74) is 3.77. The third-order valence-corrected chi connectivity index (χ3v) is 5.66. The fraction of sp³-hybridized carbons (Fsp3) is 0.0714. The molecule has 5 aromatic rings. The number of hydrogen-bond acceptors (Lipinski definition) is 5. The molecule has 0 aliphatic carbocycles. The predicted molar refractivity (Wildman–Crippen MR) is 131 cm³/mol. The van der Waals surface area contributed by atoms with Gasteiger partial charge in [-0.1, -0.05) is 42.5 Å². The monoisotopic (exact) mass is 451 g/mol. The van der Waals surface area contributed by atoms with Crippen LogP contribution in [0.1, 0.15) is 21.7 Å². The number of fused-ring (bicyclic) bond motifs is 1. The average Bonchev–Trinajstić information content (AvgIpc) is 3.34. The zero-order valence-electron chi connectivity index (χ0n) is 18.4. The molecule has 0 saturated carbocycles. The van der Waals surface area contributed by atoms with Crippen LogP contribution in [0.2, 0.25) is 0 Å². The van der Waals surface area contributed by atoms with Gasteiger partial charge in [0.1, 0.15) is 23.7 Å². The van der Waals surface area contributed by atoms with Gasteiger partial charge in [-0.25, -0.2) is 4.79 Å². The Morgan fingerprint density at radius 2 is 1.74 bits per heavy atom. The number of hydrogen-bond donors (Lipinski definition) is 2. The number of carbonyl (C=O) groups is 1. The lowest BCUT2D eigenvalue weighted by Gasteiger charge is -2.11. The highest BCUT2D eigenvalue weighted by molar-refractivity contribution is 6.05. The van der Waals surface area contributed by atoms with Crippen LogP contribution in [0.5, 0.6) is 0 Å². The fourth-order valence-corrected chi connectivity index (χ4v) is 3.81. The van der Waals surface area contributed by atoms with Crippen molar-refractivity contribution in [1.29, 1.82) is 0 Å². The minimum atomic E-state index is -0.458. The van der Waals surface area contributed by atoms with Crippen molar-refractivity contribution in [2.75, 3.05) is 5.32 Å². The van der Waals surface area contributed by atoms with E-state index in [4.69, 9.17) is 8.83 Å². The Hall–Kier alpha value is -4.42. The highest BCUT2D eigenvalue weighted by Crippen LogP contribution is 2.28. The van der Waals surface area contributed by atoms with Gasteiger partial charge in [-0.15, -0.1) is 0 Å². The van der Waals surface area contributed by atoms with Crippen LogP contribution in [0.3, 0.4) is 0 Å². The van der Waals surface area contributed by atoms with E-state index in [9.17, 15) is 14.7 Å². The maximum Gasteiger partial charge on any atom is 0.344 e. The molecule has 5 rings (SSSR count). The van der Waals surface area contributed by atoms with Crippen LogP contribution in [0.15, 0.2) is 98.6 Å². The van der Waals surface area contributed by atoms with E-state index < -0.39 is 5.63 Å². The van der Waals surface area contributed by atoms with Crippen molar-refractivity contribution in [2.45, 2.75) is 13.5 Å². The average molecular weight is 451 g/mol. The summed E-state index contributed by atoms with van der Waals surface area (Å²) in [4.78, 5) is 25.6. The van der Waals surface area contributed by atoms with Crippen molar-refractivity contribution >= 4 is 22.6 Å². The first-order valence-corrected chi connectivity index (χ1v) is 10.8. The number of aliphatic hydroxyl groups is 1. The van der Waals surface area contributed by atoms with Crippen molar-refractivity contribution in [3.8, 4) is 22.5 Å². The number of benzene rings is 3. The van der Waals surface area contributed by atoms with Crippen molar-refractivity contribution in [3.63, 3.8) is 0 Å². The maximum absolute atomic E-state index is 13.1. The van der Waals surface area contributed by atoms with Gasteiger partial charge in [0.25, 0.3) is 5.91 Å². The number of para-hydroxylation sites is 1. The van der Waals surface area contributed by atoms with Gasteiger partial charge in [-0.05, 0) is 60.5 Å². The largest absolute Gasteiger partial charge is 0.459 e. The van der Waals surface area contributed by atoms with Gasteiger partial charge in [-0.2, -0.15) is 0 Å². The molecule has 0 radical (unpaired) electrons. The van der Waals surface area contributed by atoms with Crippen LogP contribution >= 0.6 is 0 Å². The van der Waals surface area contributed by atoms with E-state index in [1.807, 2.05) is 43.3 Å². The molecule has 168 valence electrons. The van der Waals surface area contributed by atoms with E-state index in [0.717, 1.165) is 16.5 Å². The van der Waals surface area contributed by atoms with E-state index in [-0.39, 0.29) is 12.5 Å². The summed E-state index contributed by atoms with van der Waals surface area (Å²) in [6.45, 7) is 1.72. The van der Waals surface area contributed by atoms with Crippen molar-refractivity contribution in [3.05, 3.63) is 112 Å². The Balaban J connectivity index is 1.44. The SMILES string of the molecule is Cc1ccc(-c2ccc(CO)o2)cc1NC(=O)c1cccc(-c2cc3ccccc3oc2=O)c1. The van der Waals surface area contributed by atoms with Gasteiger partial charge >= 0.3 is 5.63 Å². The molecule has 3 aromatic carbocycles. The third-order valence-electron chi connectivity index (χ3n) is 5.66. The van der Waals surface area contributed by atoms with Gasteiger partial charge in [-0.3, -0.25) is 4.79 Å². The van der Waals surface area contributed by atoms with Crippen LogP contribution in [0, 0.1) is 6.92 Å². The smallest absolute Gasteiger partial charge is 0.344 e. The van der Waals surface area contributed by atoms with Crippen LogP contribution < -0.4 is 10.9 Å². The normalized spacial score (nSPS) is 11.0. The molecular formula is C28H21NO5. The van der Waals surface area contributed by atoms with E-state index in [0.29, 0.717) is 39.5 Å². The maximum atomic E-state index is 13.1. The molecule has 0 bridgehead atoms. The van der Waals surface area contributed by atoms with Gasteiger partial charge in [0.2, 0.25) is 0 Å². The highest BCUT2D eigenvalue weighted by atomic mass is 16.4. The Kier molecular flexibility index (Phi) is 5.57. The van der Waals surface area contributed by atoms with Crippen LogP contribution in [0.25, 0.3) is 33.4 Å². The standard InChI is InChI=1S/C28H21NO5/c1-17-9-10-20(26-12-11-22(16-30)33-26)15-24(17)29-27(31)21-7-4-6-18(13-21)23-14-19-5-2-3-8-25(19)34-28(23)32/h2-15,30H,16H2,1H3,(H,29,31). The molecule has 6 nitrogen and oxygen atoms in total. The zero-order valence-corrected chi connectivity index (χ0v) is 18.4. The predicted octanol–water partition coefficient (Wildman–Crippen LogP) is 5.77. The van der Waals surface area contributed by atoms with E-state index >= 15 is 0 Å². The molecule has 2 N–H and O–H groups in total. The number of rotatable bonds is 5. The minimum absolute atomic E-state index is 0.179. The lowest BCUT2D eigenvalue weighted by atomic mass is 10.0. The third kappa shape index (κ3) is 4.14. The van der Waals surface area contributed by atoms with Gasteiger partial charge in [0.05, 0.1) is 5.56 Å². The number of aliphatic hydroxyl groups excluding tert-OH is 1. The number of nitrogens with one attached hydrogen (secondary N) is 1. The number of amides is 1. The summed E-state index contributed by atoms with van der Waals surface area (Å²) in [6, 6.07) is 25.1. The van der Waals surface area contributed by atoms with Crippen molar-refractivity contribution in [1.82, 2.24) is 0 Å². The molecule has 2 heterocycles. The Labute approximate surface area is 195 Å². The minimum Gasteiger partial charge on any atom is -0.459 e. The molecule has 6 heteroatoms. The molecule has 0 spiro atoms. The summed E-state index contributed by atoms with van der Waals surface area (Å²) in [5.74, 6) is 0.767. The van der Waals surface area contributed by atoms with Gasteiger partial charge in [0.15, 0.2) is 0 Å². The molecule has 0 atom stereocenters. The number of aryl methyl sites for hydroxylation is 1. The summed E-state index contributed by atoms with van der Waals surface area (Å²) >= 11 is 0. The van der Waals surface area contributed by atoms with Gasteiger partial charge < -0.3 is 19.3 Å². The topological polar surface area (TPSA) is 92.7 Å². The Morgan fingerprint density at radius 3 is 2.56 bits per heavy atom. The molecule has 0 fully saturated rings. The first-order valence-electron chi connectivity index (χ1n) is 10.8. The lowest BCUT2D eigenvalue weighted by Crippen LogP contribution is -2.13. The molecule has 0 unspecified atom stereocenters. The molecular weight excluding hydrogens is 430 g/mol. The molecule has 34 heavy (non-hydrogen) atoms. The summed E-state index contributed by atoms with van der Waals surface area (Å²) < 4.78 is 11.1. The van der Waals surface area contributed by atoms with E-state index in [2.05, 4.69) is 5.32 Å². The Morgan fingerprint density at radius 1 is 0.882 bits per heavy atom. The second-order valence-corrected chi connectivity index (χ2v) is 7.97. The quantitative estimate of drug-likeness (QED) is 0.331. The molecule has 1 amide bonds. The van der Waals surface area contributed by atoms with Gasteiger partial charge in [0, 0.05) is 22.2 Å². The first kappa shape index (κ1) is 21.4. The summed E-state index contributed by atoms with van der Waals surface area (Å²) in [7, 11) is 0. The number of furan rings is 1. The number of carbonyl (C=O) groups excluding carboxylic acids is 1. The van der Waals surface area contributed by atoms with Crippen LogP contribution in [-0.4, -0.2) is 11.0 Å². The highest BCUT2D eigenvalue weighted by Gasteiger charge is 2.14. The summed E-state index contributed by atoms with van der Waals surface area (Å²) in [5, 5.41) is 13.0. The molecule has 0 aliphatic heterocycles. The molecule has 2 aromatic heterocycles. The zero-order chi connectivity index (χ0) is 23.7. The lowest BCUT2D eigenvalue weighted by molar-refractivity contribution is 0.102. The fourth-order valence-electron chi connectivity index (χ4n) is 3.81. The number of anilines is 1. The van der Waals surface area contributed by atoms with E-state index in [1.165, 1.54) is 0 Å². The van der Waals surface area contributed by atoms with Crippen LogP contribution in [0.4, 0.5) is 5.69 Å². The molecule has 0 saturated heterocycles. The second-order valence-electron chi connectivity index (χ2n) is 7.97. The van der Waals surface area contributed by atoms with Crippen molar-refractivity contribution in [2.24, 2.45) is 0 Å². The summed E-state index contributed by atoms with van der Waals surface area (Å²) in [6.07, 6.45) is 0. The second kappa shape index (κ2) is 8.84. The van der Waals surface area contributed by atoms with E-state index in [1.54, 1.807) is 48.5 Å². The first-order chi connectivity index (χ1) is 16.5.